The molecule has 1 saturated heterocycles. The number of aromatic nitrogens is 2. The number of rotatable bonds is 5. The van der Waals surface area contributed by atoms with Crippen LogP contribution < -0.4 is 5.32 Å². The normalized spacial score (nSPS) is 29.0. The number of nitrogens with zero attached hydrogens (tertiary/aromatic N) is 4. The van der Waals surface area contributed by atoms with Gasteiger partial charge in [0.25, 0.3) is 0 Å². The quantitative estimate of drug-likeness (QED) is 0.381. The van der Waals surface area contributed by atoms with E-state index in [0.29, 0.717) is 23.5 Å². The third-order valence-electron chi connectivity index (χ3n) is 6.98. The van der Waals surface area contributed by atoms with Crippen molar-refractivity contribution >= 4 is 29.9 Å². The Bertz CT molecular complexity index is 670. The molecule has 3 unspecified atom stereocenters. The van der Waals surface area contributed by atoms with Gasteiger partial charge in [-0.15, -0.1) is 24.0 Å². The van der Waals surface area contributed by atoms with Crippen molar-refractivity contribution in [3.05, 3.63) is 18.0 Å². The van der Waals surface area contributed by atoms with Gasteiger partial charge >= 0.3 is 0 Å². The fourth-order valence-corrected chi connectivity index (χ4v) is 5.51. The third kappa shape index (κ3) is 4.06. The molecule has 0 aromatic carbocycles. The Balaban J connectivity index is 0.00000225. The molecule has 2 aliphatic carbocycles. The van der Waals surface area contributed by atoms with Gasteiger partial charge in [-0.3, -0.25) is 9.67 Å². The number of hydrogen-bond donors (Lipinski definition) is 1. The number of ether oxygens (including phenoxy) is 1. The van der Waals surface area contributed by atoms with Gasteiger partial charge in [0.05, 0.1) is 12.3 Å². The number of hydrogen-bond acceptors (Lipinski definition) is 3. The van der Waals surface area contributed by atoms with E-state index in [4.69, 9.17) is 9.73 Å². The maximum absolute atomic E-state index is 6.09. The minimum absolute atomic E-state index is 0. The van der Waals surface area contributed by atoms with Crippen LogP contribution in [0.3, 0.4) is 0 Å². The van der Waals surface area contributed by atoms with E-state index in [1.165, 1.54) is 37.7 Å². The van der Waals surface area contributed by atoms with Crippen LogP contribution in [-0.2, 0) is 11.8 Å². The van der Waals surface area contributed by atoms with Crippen LogP contribution in [0, 0.1) is 5.41 Å². The van der Waals surface area contributed by atoms with Crippen LogP contribution in [0.25, 0.3) is 0 Å². The summed E-state index contributed by atoms with van der Waals surface area (Å²) in [5, 5.41) is 8.22. The van der Waals surface area contributed by atoms with E-state index in [-0.39, 0.29) is 24.0 Å². The van der Waals surface area contributed by atoms with Crippen LogP contribution in [0.1, 0.15) is 63.9 Å². The fraction of sp³-hybridized carbons (Fsp3) is 0.810. The summed E-state index contributed by atoms with van der Waals surface area (Å²) in [6.45, 7) is 8.01. The molecule has 3 fully saturated rings. The molecule has 1 aromatic rings. The molecule has 7 heteroatoms. The molecule has 0 radical (unpaired) electrons. The Morgan fingerprint density at radius 2 is 2.14 bits per heavy atom. The zero-order chi connectivity index (χ0) is 18.9. The van der Waals surface area contributed by atoms with Gasteiger partial charge in [-0.25, -0.2) is 0 Å². The monoisotopic (exact) mass is 501 g/mol. The minimum Gasteiger partial charge on any atom is -0.378 e. The van der Waals surface area contributed by atoms with Gasteiger partial charge in [0.2, 0.25) is 0 Å². The predicted molar refractivity (Wildman–Crippen MR) is 123 cm³/mol. The summed E-state index contributed by atoms with van der Waals surface area (Å²) in [5.41, 5.74) is 1.69. The lowest BCUT2D eigenvalue weighted by molar-refractivity contribution is -0.126. The standard InChI is InChI=1S/C21H35N5O.HI/c1-4-22-20(26-11-8-16(15-26)17-13-23-25(3)14-17)24-18-12-19(27-5-2)21(18)9-6-7-10-21;/h13-14,16,18-19H,4-12,15H2,1-3H3,(H,22,24);1H. The fourth-order valence-electron chi connectivity index (χ4n) is 5.51. The molecule has 6 nitrogen and oxygen atoms in total. The van der Waals surface area contributed by atoms with Crippen LogP contribution in [0.4, 0.5) is 0 Å². The van der Waals surface area contributed by atoms with Crippen molar-refractivity contribution in [3.63, 3.8) is 0 Å². The van der Waals surface area contributed by atoms with E-state index in [1.807, 2.05) is 17.9 Å². The molecule has 1 N–H and O–H groups in total. The molecular formula is C21H36IN5O. The zero-order valence-electron chi connectivity index (χ0n) is 17.6. The van der Waals surface area contributed by atoms with Gasteiger partial charge in [-0.05, 0) is 45.1 Å². The number of nitrogens with one attached hydrogen (secondary N) is 1. The molecular weight excluding hydrogens is 465 g/mol. The van der Waals surface area contributed by atoms with Crippen molar-refractivity contribution in [2.75, 3.05) is 26.2 Å². The number of halogens is 1. The average molecular weight is 501 g/mol. The minimum atomic E-state index is 0. The Morgan fingerprint density at radius 1 is 1.36 bits per heavy atom. The van der Waals surface area contributed by atoms with Gasteiger partial charge in [-0.2, -0.15) is 5.10 Å². The van der Waals surface area contributed by atoms with Crippen LogP contribution in [0.15, 0.2) is 17.4 Å². The summed E-state index contributed by atoms with van der Waals surface area (Å²) >= 11 is 0. The maximum atomic E-state index is 6.09. The molecule has 158 valence electrons. The first-order chi connectivity index (χ1) is 13.2. The molecule has 1 aliphatic heterocycles. The van der Waals surface area contributed by atoms with Gasteiger partial charge in [0.1, 0.15) is 0 Å². The van der Waals surface area contributed by atoms with Gasteiger partial charge in [0.15, 0.2) is 5.96 Å². The number of aliphatic imine (C=N–C) groups is 1. The van der Waals surface area contributed by atoms with Crippen LogP contribution in [0.5, 0.6) is 0 Å². The molecule has 4 rings (SSSR count). The van der Waals surface area contributed by atoms with Crippen molar-refractivity contribution in [1.29, 1.82) is 0 Å². The van der Waals surface area contributed by atoms with E-state index >= 15 is 0 Å². The number of guanidine groups is 1. The molecule has 3 atom stereocenters. The second kappa shape index (κ2) is 9.32. The molecule has 2 heterocycles. The lowest BCUT2D eigenvalue weighted by Gasteiger charge is -2.54. The van der Waals surface area contributed by atoms with Gasteiger partial charge in [-0.1, -0.05) is 12.8 Å². The first-order valence-electron chi connectivity index (χ1n) is 10.8. The summed E-state index contributed by atoms with van der Waals surface area (Å²) in [6, 6.07) is 0.513. The van der Waals surface area contributed by atoms with E-state index < -0.39 is 0 Å². The second-order valence-electron chi connectivity index (χ2n) is 8.49. The van der Waals surface area contributed by atoms with E-state index in [2.05, 4.69) is 35.4 Å². The lowest BCUT2D eigenvalue weighted by Crippen LogP contribution is -2.65. The largest absolute Gasteiger partial charge is 0.378 e. The highest BCUT2D eigenvalue weighted by Gasteiger charge is 2.57. The van der Waals surface area contributed by atoms with Crippen LogP contribution >= 0.6 is 24.0 Å². The predicted octanol–water partition coefficient (Wildman–Crippen LogP) is 3.53. The molecule has 1 aromatic heterocycles. The SMILES string of the molecule is CCN=C(NC1CC(OCC)C12CCCC2)N1CCC(c2cnn(C)c2)C1.I. The summed E-state index contributed by atoms with van der Waals surface area (Å²) < 4.78 is 7.99. The highest BCUT2D eigenvalue weighted by atomic mass is 127. The Kier molecular flexibility index (Phi) is 7.28. The molecule has 3 aliphatic rings. The first kappa shape index (κ1) is 21.9. The van der Waals surface area contributed by atoms with E-state index in [0.717, 1.165) is 38.6 Å². The van der Waals surface area contributed by atoms with Crippen molar-refractivity contribution in [2.45, 2.75) is 70.4 Å². The van der Waals surface area contributed by atoms with Crippen LogP contribution in [0.2, 0.25) is 0 Å². The lowest BCUT2D eigenvalue weighted by atomic mass is 9.60. The third-order valence-corrected chi connectivity index (χ3v) is 6.98. The molecule has 0 amide bonds. The second-order valence-corrected chi connectivity index (χ2v) is 8.49. The van der Waals surface area contributed by atoms with Crippen LogP contribution in [-0.4, -0.2) is 59.0 Å². The Labute approximate surface area is 186 Å². The van der Waals surface area contributed by atoms with Crippen molar-refractivity contribution in [2.24, 2.45) is 17.5 Å². The van der Waals surface area contributed by atoms with Crippen molar-refractivity contribution < 1.29 is 4.74 Å². The molecule has 0 bridgehead atoms. The number of likely N-dealkylation sites (tertiary alicyclic amines) is 1. The Hall–Kier alpha value is -0.830. The highest BCUT2D eigenvalue weighted by Crippen LogP contribution is 2.54. The first-order valence-corrected chi connectivity index (χ1v) is 10.8. The van der Waals surface area contributed by atoms with E-state index in [1.54, 1.807) is 0 Å². The summed E-state index contributed by atoms with van der Waals surface area (Å²) in [4.78, 5) is 7.31. The summed E-state index contributed by atoms with van der Waals surface area (Å²) in [6.07, 6.45) is 12.2. The number of aryl methyl sites for hydroxylation is 1. The smallest absolute Gasteiger partial charge is 0.194 e. The average Bonchev–Trinajstić information content (AvgIpc) is 3.40. The molecule has 1 spiro atoms. The summed E-state index contributed by atoms with van der Waals surface area (Å²) in [5.74, 6) is 1.66. The van der Waals surface area contributed by atoms with Crippen molar-refractivity contribution in [1.82, 2.24) is 20.0 Å². The maximum Gasteiger partial charge on any atom is 0.194 e. The van der Waals surface area contributed by atoms with Gasteiger partial charge < -0.3 is 15.0 Å². The Morgan fingerprint density at radius 3 is 2.79 bits per heavy atom. The van der Waals surface area contributed by atoms with E-state index in [9.17, 15) is 0 Å². The van der Waals surface area contributed by atoms with Gasteiger partial charge in [0, 0.05) is 56.9 Å². The molecule has 2 saturated carbocycles. The molecule has 28 heavy (non-hydrogen) atoms. The highest BCUT2D eigenvalue weighted by molar-refractivity contribution is 14.0. The van der Waals surface area contributed by atoms with Crippen molar-refractivity contribution in [3.8, 4) is 0 Å². The zero-order valence-corrected chi connectivity index (χ0v) is 19.9. The summed E-state index contributed by atoms with van der Waals surface area (Å²) in [7, 11) is 1.99. The topological polar surface area (TPSA) is 54.7 Å².